The van der Waals surface area contributed by atoms with E-state index in [4.69, 9.17) is 28.4 Å². The molecule has 11 atom stereocenters. The maximum absolute atomic E-state index is 13.0. The van der Waals surface area contributed by atoms with Gasteiger partial charge in [0.15, 0.2) is 18.7 Å². The molecule has 0 bridgehead atoms. The predicted molar refractivity (Wildman–Crippen MR) is 261 cm³/mol. The third-order valence-corrected chi connectivity index (χ3v) is 11.7. The fourth-order valence-electron chi connectivity index (χ4n) is 7.50. The fraction of sp³-hybridized carbons (Fsp3) is 0.736. The van der Waals surface area contributed by atoms with E-state index in [1.165, 1.54) is 64.2 Å². The van der Waals surface area contributed by atoms with E-state index < -0.39 is 99.3 Å². The molecule has 0 saturated carbocycles. The quantitative estimate of drug-likeness (QED) is 0.0187. The molecule has 2 saturated heterocycles. The van der Waals surface area contributed by atoms with Gasteiger partial charge in [0.2, 0.25) is 0 Å². The molecule has 0 aliphatic carbocycles. The molecular formula is C53H88O15. The number of hydrogen-bond donors (Lipinski definition) is 7. The second-order valence-electron chi connectivity index (χ2n) is 17.6. The smallest absolute Gasteiger partial charge is 0.306 e. The molecule has 4 unspecified atom stereocenters. The van der Waals surface area contributed by atoms with Crippen molar-refractivity contribution in [1.29, 1.82) is 0 Å². The van der Waals surface area contributed by atoms with E-state index >= 15 is 0 Å². The van der Waals surface area contributed by atoms with E-state index in [-0.39, 0.29) is 19.4 Å². The number of ether oxygens (including phenoxy) is 6. The van der Waals surface area contributed by atoms with Gasteiger partial charge in [0.1, 0.15) is 55.4 Å². The van der Waals surface area contributed by atoms with E-state index in [0.29, 0.717) is 19.3 Å². The summed E-state index contributed by atoms with van der Waals surface area (Å²) >= 11 is 0. The van der Waals surface area contributed by atoms with Crippen molar-refractivity contribution in [1.82, 2.24) is 0 Å². The molecule has 2 aliphatic heterocycles. The Morgan fingerprint density at radius 2 is 0.956 bits per heavy atom. The number of aliphatic hydroxyl groups is 7. The number of carbonyl (C=O) groups excluding carboxylic acids is 2. The third-order valence-electron chi connectivity index (χ3n) is 11.7. The van der Waals surface area contributed by atoms with Crippen molar-refractivity contribution in [2.24, 2.45) is 0 Å². The zero-order valence-electron chi connectivity index (χ0n) is 41.1. The zero-order chi connectivity index (χ0) is 49.6. The minimum Gasteiger partial charge on any atom is -0.462 e. The molecule has 2 aliphatic rings. The molecule has 0 aromatic rings. The molecule has 7 N–H and O–H groups in total. The molecule has 0 radical (unpaired) electrons. The highest BCUT2D eigenvalue weighted by Gasteiger charge is 2.47. The highest BCUT2D eigenvalue weighted by molar-refractivity contribution is 5.70. The minimum atomic E-state index is -1.78. The van der Waals surface area contributed by atoms with Crippen LogP contribution in [0, 0.1) is 0 Å². The average Bonchev–Trinajstić information content (AvgIpc) is 3.33. The van der Waals surface area contributed by atoms with Crippen molar-refractivity contribution < 1.29 is 73.8 Å². The molecule has 2 heterocycles. The van der Waals surface area contributed by atoms with Gasteiger partial charge in [-0.1, -0.05) is 151 Å². The SMILES string of the molecule is CC/C=C/C/C=C/C/C=C/C/C=C/C/C=C/CCCC(=O)O[C@H](COC(=O)CC/C=C/CCCCCCCCCCCCC)CO[C@H]1O[C@@H](CO[C@H]2O[C@@H](CO)[C@@H](O)C(O)C2O)[C@@H](O)C(O)C1O. The van der Waals surface area contributed by atoms with Gasteiger partial charge in [-0.2, -0.15) is 0 Å². The molecule has 0 spiro atoms. The summed E-state index contributed by atoms with van der Waals surface area (Å²) in [7, 11) is 0. The minimum absolute atomic E-state index is 0.0769. The monoisotopic (exact) mass is 965 g/mol. The molecule has 15 heteroatoms. The Morgan fingerprint density at radius 3 is 1.53 bits per heavy atom. The van der Waals surface area contributed by atoms with Crippen molar-refractivity contribution in [3.05, 3.63) is 72.9 Å². The number of allylic oxidation sites excluding steroid dienone is 12. The van der Waals surface area contributed by atoms with Gasteiger partial charge >= 0.3 is 11.9 Å². The molecular weight excluding hydrogens is 877 g/mol. The highest BCUT2D eigenvalue weighted by atomic mass is 16.7. The van der Waals surface area contributed by atoms with Crippen LogP contribution in [0.1, 0.15) is 155 Å². The van der Waals surface area contributed by atoms with Gasteiger partial charge in [-0.15, -0.1) is 0 Å². The standard InChI is InChI=1S/C53H88O15/c1-3-5-7-9-11-13-15-17-19-20-22-24-26-28-30-32-34-36-45(56)66-41(38-63-44(55)35-33-31-29-27-25-23-21-18-16-14-12-10-8-6-4-2)39-64-52-51(62)49(60)47(58)43(68-52)40-65-53-50(61)48(59)46(57)42(37-54)67-53/h5,7,11,13,17,19,22,24,28-31,41-43,46-54,57-62H,3-4,6,8-10,12,14-16,18,20-21,23,25-27,32-40H2,1-2H3/b7-5+,13-11+,19-17+,24-22+,30-28+,31-29+/t41-,42+,43+,46-,47-,48?,49?,50?,51?,52+,53+/m1/s1. The molecule has 68 heavy (non-hydrogen) atoms. The molecule has 0 aromatic carbocycles. The van der Waals surface area contributed by atoms with Gasteiger partial charge in [-0.3, -0.25) is 9.59 Å². The van der Waals surface area contributed by atoms with Gasteiger partial charge in [0.25, 0.3) is 0 Å². The summed E-state index contributed by atoms with van der Waals surface area (Å²) in [6, 6.07) is 0. The zero-order valence-corrected chi connectivity index (χ0v) is 41.1. The highest BCUT2D eigenvalue weighted by Crippen LogP contribution is 2.26. The number of aliphatic hydroxyl groups excluding tert-OH is 7. The van der Waals surface area contributed by atoms with Gasteiger partial charge in [0.05, 0.1) is 19.8 Å². The van der Waals surface area contributed by atoms with E-state index in [0.717, 1.165) is 44.9 Å². The Hall–Kier alpha value is -3.06. The van der Waals surface area contributed by atoms with Crippen molar-refractivity contribution in [2.75, 3.05) is 26.4 Å². The third kappa shape index (κ3) is 27.4. The van der Waals surface area contributed by atoms with E-state index in [1.54, 1.807) is 0 Å². The largest absolute Gasteiger partial charge is 0.462 e. The molecule has 0 aromatic heterocycles. The topological polar surface area (TPSA) is 231 Å². The van der Waals surface area contributed by atoms with Gasteiger partial charge in [-0.05, 0) is 64.2 Å². The first-order chi connectivity index (χ1) is 33.0. The predicted octanol–water partition coefficient (Wildman–Crippen LogP) is 7.04. The van der Waals surface area contributed by atoms with Crippen LogP contribution < -0.4 is 0 Å². The van der Waals surface area contributed by atoms with Crippen LogP contribution in [0.25, 0.3) is 0 Å². The van der Waals surface area contributed by atoms with E-state index in [1.807, 2.05) is 18.2 Å². The van der Waals surface area contributed by atoms with E-state index in [2.05, 4.69) is 68.5 Å². The summed E-state index contributed by atoms with van der Waals surface area (Å²) in [6.07, 6.45) is 29.5. The number of unbranched alkanes of at least 4 members (excludes halogenated alkanes) is 12. The van der Waals surface area contributed by atoms with Gasteiger partial charge < -0.3 is 64.2 Å². The molecule has 2 fully saturated rings. The number of carbonyl (C=O) groups is 2. The normalized spacial score (nSPS) is 26.4. The van der Waals surface area contributed by atoms with Crippen LogP contribution in [0.4, 0.5) is 0 Å². The lowest BCUT2D eigenvalue weighted by atomic mass is 9.98. The van der Waals surface area contributed by atoms with Gasteiger partial charge in [0, 0.05) is 12.8 Å². The van der Waals surface area contributed by atoms with Crippen LogP contribution in [-0.4, -0.2) is 142 Å². The fourth-order valence-corrected chi connectivity index (χ4v) is 7.50. The van der Waals surface area contributed by atoms with Crippen LogP contribution in [0.3, 0.4) is 0 Å². The second kappa shape index (κ2) is 39.6. The Morgan fingerprint density at radius 1 is 0.485 bits per heavy atom. The van der Waals surface area contributed by atoms with Crippen LogP contribution in [0.15, 0.2) is 72.9 Å². The lowest BCUT2D eigenvalue weighted by molar-refractivity contribution is -0.332. The van der Waals surface area contributed by atoms with Crippen LogP contribution in [0.5, 0.6) is 0 Å². The Bertz CT molecular complexity index is 1460. The van der Waals surface area contributed by atoms with Crippen molar-refractivity contribution >= 4 is 11.9 Å². The maximum Gasteiger partial charge on any atom is 0.306 e. The first-order valence-electron chi connectivity index (χ1n) is 25.5. The maximum atomic E-state index is 13.0. The summed E-state index contributed by atoms with van der Waals surface area (Å²) < 4.78 is 33.4. The summed E-state index contributed by atoms with van der Waals surface area (Å²) in [5, 5.41) is 72.0. The number of esters is 2. The average molecular weight is 965 g/mol. The Labute approximate surface area is 406 Å². The lowest BCUT2D eigenvalue weighted by Crippen LogP contribution is -2.61. The Balaban J connectivity index is 1.86. The van der Waals surface area contributed by atoms with Crippen molar-refractivity contribution in [3.8, 4) is 0 Å². The van der Waals surface area contributed by atoms with Gasteiger partial charge in [-0.25, -0.2) is 0 Å². The summed E-state index contributed by atoms with van der Waals surface area (Å²) in [5.74, 6) is -1.06. The van der Waals surface area contributed by atoms with E-state index in [9.17, 15) is 45.3 Å². The van der Waals surface area contributed by atoms with Crippen LogP contribution in [0.2, 0.25) is 0 Å². The number of hydrogen-bond acceptors (Lipinski definition) is 15. The molecule has 2 rings (SSSR count). The summed E-state index contributed by atoms with van der Waals surface area (Å²) in [5.41, 5.74) is 0. The number of rotatable bonds is 38. The lowest BCUT2D eigenvalue weighted by Gasteiger charge is -2.42. The first kappa shape index (κ1) is 61.1. The summed E-state index contributed by atoms with van der Waals surface area (Å²) in [6.45, 7) is 2.36. The molecule has 390 valence electrons. The Kier molecular flexibility index (Phi) is 35.6. The molecule has 15 nitrogen and oxygen atoms in total. The van der Waals surface area contributed by atoms with Crippen molar-refractivity contribution in [3.63, 3.8) is 0 Å². The van der Waals surface area contributed by atoms with Crippen LogP contribution in [-0.2, 0) is 38.0 Å². The van der Waals surface area contributed by atoms with Crippen molar-refractivity contribution in [2.45, 2.75) is 223 Å². The first-order valence-corrected chi connectivity index (χ1v) is 25.5. The second-order valence-corrected chi connectivity index (χ2v) is 17.6. The summed E-state index contributed by atoms with van der Waals surface area (Å²) in [4.78, 5) is 25.7. The van der Waals surface area contributed by atoms with Crippen LogP contribution >= 0.6 is 0 Å². The molecule has 0 amide bonds.